The number of ether oxygens (including phenoxy) is 1. The molecule has 7 atom stereocenters. The van der Waals surface area contributed by atoms with Crippen molar-refractivity contribution in [3.63, 3.8) is 0 Å². The Bertz CT molecular complexity index is 709. The van der Waals surface area contributed by atoms with Crippen molar-refractivity contribution in [3.05, 3.63) is 10.6 Å². The lowest BCUT2D eigenvalue weighted by atomic mass is 9.79. The second-order valence-corrected chi connectivity index (χ2v) is 9.04. The van der Waals surface area contributed by atoms with Gasteiger partial charge in [-0.3, -0.25) is 9.59 Å². The molecule has 3 aliphatic rings. The lowest BCUT2D eigenvalue weighted by molar-refractivity contribution is -0.163. The monoisotopic (exact) mass is 413 g/mol. The number of nitrogens with one attached hydrogen (secondary N) is 1. The van der Waals surface area contributed by atoms with E-state index in [4.69, 9.17) is 10.5 Å². The van der Waals surface area contributed by atoms with Crippen LogP contribution in [0.3, 0.4) is 0 Å². The van der Waals surface area contributed by atoms with Crippen LogP contribution < -0.4 is 11.1 Å². The molecule has 0 radical (unpaired) electrons. The summed E-state index contributed by atoms with van der Waals surface area (Å²) in [6, 6.07) is -0.934. The minimum absolute atomic E-state index is 0.00895. The Labute approximate surface area is 167 Å². The number of carboxylic acids is 1. The summed E-state index contributed by atoms with van der Waals surface area (Å²) in [4.78, 5) is 38.0. The van der Waals surface area contributed by atoms with E-state index in [2.05, 4.69) is 5.32 Å². The molecule has 5 N–H and O–H groups in total. The Morgan fingerprint density at radius 1 is 1.39 bits per heavy atom. The number of rotatable bonds is 7. The van der Waals surface area contributed by atoms with Crippen LogP contribution in [0.5, 0.6) is 0 Å². The van der Waals surface area contributed by atoms with Crippen LogP contribution in [0.25, 0.3) is 0 Å². The predicted molar refractivity (Wildman–Crippen MR) is 102 cm³/mol. The average Bonchev–Trinajstić information content (AvgIpc) is 3.14. The minimum Gasteiger partial charge on any atom is -0.477 e. The van der Waals surface area contributed by atoms with Gasteiger partial charge >= 0.3 is 5.97 Å². The molecule has 0 saturated carbocycles. The number of carbonyl (C=O) groups excluding carboxylic acids is 2. The fraction of sp³-hybridized carbons (Fsp3) is 0.722. The Balaban J connectivity index is 1.76. The van der Waals surface area contributed by atoms with Gasteiger partial charge in [0.15, 0.2) is 0 Å². The molecule has 2 amide bonds. The number of β-lactam (4-membered cyclic amide) rings is 1. The molecule has 10 heteroatoms. The third-order valence-corrected chi connectivity index (χ3v) is 7.32. The zero-order chi connectivity index (χ0) is 20.7. The van der Waals surface area contributed by atoms with Gasteiger partial charge in [0.05, 0.1) is 37.3 Å². The molecule has 3 rings (SSSR count). The van der Waals surface area contributed by atoms with Crippen LogP contribution in [0.4, 0.5) is 0 Å². The Kier molecular flexibility index (Phi) is 6.04. The molecule has 0 spiro atoms. The zero-order valence-electron chi connectivity index (χ0n) is 16.1. The second-order valence-electron chi connectivity index (χ2n) is 7.76. The number of hydrogen-bond acceptors (Lipinski definition) is 7. The van der Waals surface area contributed by atoms with Crippen LogP contribution in [0, 0.1) is 17.8 Å². The average molecular weight is 413 g/mol. The van der Waals surface area contributed by atoms with Gasteiger partial charge in [-0.1, -0.05) is 6.92 Å². The van der Waals surface area contributed by atoms with Crippen molar-refractivity contribution in [1.29, 1.82) is 0 Å². The van der Waals surface area contributed by atoms with E-state index in [1.165, 1.54) is 16.7 Å². The number of carbonyl (C=O) groups is 3. The van der Waals surface area contributed by atoms with E-state index in [1.807, 2.05) is 6.92 Å². The topological polar surface area (TPSA) is 142 Å². The number of aliphatic carboxylic acids is 1. The number of nitrogens with zero attached hydrogens (tertiary/aromatic N) is 1. The molecular weight excluding hydrogens is 386 g/mol. The smallest absolute Gasteiger partial charge is 0.353 e. The SMILES string of the molecule is C[C@@H](N)C(=O)NC[C@H]1COC[C@H]1SC1=C(C(=O)O)N2C(=O)[C@H]([C@@H](C)O)C2[C@H]1C. The van der Waals surface area contributed by atoms with E-state index in [0.29, 0.717) is 24.7 Å². The van der Waals surface area contributed by atoms with E-state index < -0.39 is 24.0 Å². The van der Waals surface area contributed by atoms with Crippen molar-refractivity contribution in [2.75, 3.05) is 19.8 Å². The van der Waals surface area contributed by atoms with Crippen molar-refractivity contribution < 1.29 is 29.3 Å². The van der Waals surface area contributed by atoms with Crippen LogP contribution in [0.1, 0.15) is 20.8 Å². The van der Waals surface area contributed by atoms with Crippen molar-refractivity contribution in [1.82, 2.24) is 10.2 Å². The first-order valence-corrected chi connectivity index (χ1v) is 10.3. The summed E-state index contributed by atoms with van der Waals surface area (Å²) in [5, 5.41) is 22.4. The molecule has 3 aliphatic heterocycles. The highest BCUT2D eigenvalue weighted by Crippen LogP contribution is 2.52. The lowest BCUT2D eigenvalue weighted by Gasteiger charge is -2.46. The standard InChI is InChI=1S/C18H27N3O6S/c1-7-13-12(9(3)22)17(24)21(13)14(18(25)26)15(7)28-11-6-27-5-10(11)4-20-16(23)8(2)19/h7-13,22H,4-6,19H2,1-3H3,(H,20,23)(H,25,26)/t7-,8-,9-,10+,11-,12-,13?/m1/s1. The summed E-state index contributed by atoms with van der Waals surface area (Å²) in [5.41, 5.74) is 5.57. The molecule has 0 bridgehead atoms. The van der Waals surface area contributed by atoms with Crippen molar-refractivity contribution in [2.45, 2.75) is 44.2 Å². The Morgan fingerprint density at radius 3 is 2.64 bits per heavy atom. The number of nitrogens with two attached hydrogens (primary N) is 1. The summed E-state index contributed by atoms with van der Waals surface area (Å²) in [6.45, 7) is 6.34. The van der Waals surface area contributed by atoms with Crippen molar-refractivity contribution in [3.8, 4) is 0 Å². The number of aliphatic hydroxyl groups excluding tert-OH is 1. The van der Waals surface area contributed by atoms with Gasteiger partial charge in [0.2, 0.25) is 11.8 Å². The maximum Gasteiger partial charge on any atom is 0.353 e. The van der Waals surface area contributed by atoms with E-state index >= 15 is 0 Å². The number of carboxylic acid groups (broad SMARTS) is 1. The molecule has 0 aromatic heterocycles. The Hall–Kier alpha value is -1.62. The van der Waals surface area contributed by atoms with Crippen molar-refractivity contribution in [2.24, 2.45) is 23.5 Å². The molecule has 3 heterocycles. The highest BCUT2D eigenvalue weighted by Gasteiger charge is 2.60. The molecule has 28 heavy (non-hydrogen) atoms. The van der Waals surface area contributed by atoms with Crippen LogP contribution in [-0.4, -0.2) is 76.1 Å². The molecule has 0 aromatic rings. The quantitative estimate of drug-likeness (QED) is 0.404. The third-order valence-electron chi connectivity index (χ3n) is 5.68. The molecule has 2 fully saturated rings. The summed E-state index contributed by atoms with van der Waals surface area (Å²) < 4.78 is 5.56. The lowest BCUT2D eigenvalue weighted by Crippen LogP contribution is -2.63. The first-order chi connectivity index (χ1) is 13.1. The number of amides is 2. The van der Waals surface area contributed by atoms with Crippen LogP contribution >= 0.6 is 11.8 Å². The van der Waals surface area contributed by atoms with Crippen molar-refractivity contribution >= 4 is 29.5 Å². The van der Waals surface area contributed by atoms with Crippen LogP contribution in [0.15, 0.2) is 10.6 Å². The molecule has 9 nitrogen and oxygen atoms in total. The van der Waals surface area contributed by atoms with Crippen LogP contribution in [-0.2, 0) is 19.1 Å². The first kappa shape index (κ1) is 21.1. The van der Waals surface area contributed by atoms with E-state index in [0.717, 1.165) is 0 Å². The molecule has 2 saturated heterocycles. The first-order valence-electron chi connectivity index (χ1n) is 9.41. The highest BCUT2D eigenvalue weighted by molar-refractivity contribution is 8.03. The fourth-order valence-corrected chi connectivity index (χ4v) is 5.64. The van der Waals surface area contributed by atoms with Gasteiger partial charge < -0.3 is 30.9 Å². The number of aliphatic hydroxyl groups is 1. The maximum absolute atomic E-state index is 12.4. The maximum atomic E-state index is 12.4. The van der Waals surface area contributed by atoms with Gasteiger partial charge in [-0.2, -0.15) is 0 Å². The summed E-state index contributed by atoms with van der Waals surface area (Å²) in [5.74, 6) is -2.49. The van der Waals surface area contributed by atoms with E-state index in [-0.39, 0.29) is 40.6 Å². The normalized spacial score (nSPS) is 34.1. The summed E-state index contributed by atoms with van der Waals surface area (Å²) in [7, 11) is 0. The van der Waals surface area contributed by atoms with E-state index in [1.54, 1.807) is 13.8 Å². The van der Waals surface area contributed by atoms with Gasteiger partial charge in [-0.15, -0.1) is 11.8 Å². The van der Waals surface area contributed by atoms with Gasteiger partial charge in [-0.25, -0.2) is 4.79 Å². The number of hydrogen-bond donors (Lipinski definition) is 4. The number of fused-ring (bicyclic) bond motifs is 1. The van der Waals surface area contributed by atoms with Crippen LogP contribution in [0.2, 0.25) is 0 Å². The minimum atomic E-state index is -1.14. The largest absolute Gasteiger partial charge is 0.477 e. The zero-order valence-corrected chi connectivity index (χ0v) is 16.9. The fourth-order valence-electron chi connectivity index (χ4n) is 4.13. The Morgan fingerprint density at radius 2 is 2.07 bits per heavy atom. The summed E-state index contributed by atoms with van der Waals surface area (Å²) >= 11 is 1.41. The van der Waals surface area contributed by atoms with Gasteiger partial charge in [-0.05, 0) is 13.8 Å². The predicted octanol–water partition coefficient (Wildman–Crippen LogP) is -0.648. The summed E-state index contributed by atoms with van der Waals surface area (Å²) in [6.07, 6.45) is -0.827. The molecule has 156 valence electrons. The highest BCUT2D eigenvalue weighted by atomic mass is 32.2. The molecular formula is C18H27N3O6S. The third kappa shape index (κ3) is 3.54. The molecule has 0 aliphatic carbocycles. The molecule has 0 aromatic carbocycles. The molecule has 1 unspecified atom stereocenters. The van der Waals surface area contributed by atoms with Gasteiger partial charge in [0, 0.05) is 28.5 Å². The number of thioether (sulfide) groups is 1. The second kappa shape index (κ2) is 8.02. The van der Waals surface area contributed by atoms with Gasteiger partial charge in [0.25, 0.3) is 0 Å². The van der Waals surface area contributed by atoms with Gasteiger partial charge in [0.1, 0.15) is 5.70 Å². The van der Waals surface area contributed by atoms with E-state index in [9.17, 15) is 24.6 Å².